The van der Waals surface area contributed by atoms with Gasteiger partial charge in [-0.3, -0.25) is 14.4 Å². The largest absolute Gasteiger partial charge is 0.456 e. The monoisotopic (exact) mass is 819 g/mol. The summed E-state index contributed by atoms with van der Waals surface area (Å²) < 4.78 is 29.6. The van der Waals surface area contributed by atoms with Gasteiger partial charge in [-0.25, -0.2) is 4.79 Å². The minimum absolute atomic E-state index is 0.0371. The van der Waals surface area contributed by atoms with E-state index < -0.39 is 95.9 Å². The number of methoxy groups -OCH3 is 3. The van der Waals surface area contributed by atoms with E-state index in [9.17, 15) is 39.6 Å². The second kappa shape index (κ2) is 21.1. The summed E-state index contributed by atoms with van der Waals surface area (Å²) in [5.74, 6) is -8.85. The molecule has 14 nitrogen and oxygen atoms in total. The molecule has 328 valence electrons. The molecule has 0 aromatic heterocycles. The van der Waals surface area contributed by atoms with Crippen LogP contribution < -0.4 is 0 Å². The lowest BCUT2D eigenvalue weighted by molar-refractivity contribution is -0.302. The van der Waals surface area contributed by atoms with Crippen molar-refractivity contribution in [2.24, 2.45) is 29.6 Å². The Morgan fingerprint density at radius 2 is 1.59 bits per heavy atom. The summed E-state index contributed by atoms with van der Waals surface area (Å²) in [6.07, 6.45) is 1.75. The Morgan fingerprint density at radius 1 is 0.931 bits per heavy atom. The lowest BCUT2D eigenvalue weighted by Crippen LogP contribution is -2.64. The molecule has 0 aromatic rings. The third-order valence-electron chi connectivity index (χ3n) is 13.2. The van der Waals surface area contributed by atoms with E-state index in [0.29, 0.717) is 43.3 Å². The van der Waals surface area contributed by atoms with Gasteiger partial charge >= 0.3 is 5.97 Å². The van der Waals surface area contributed by atoms with Gasteiger partial charge < -0.3 is 49.0 Å². The minimum Gasteiger partial charge on any atom is -0.456 e. The van der Waals surface area contributed by atoms with Crippen LogP contribution in [0.2, 0.25) is 0 Å². The molecular weight excluding hydrogens is 750 g/mol. The molecule has 3 heterocycles. The lowest BCUT2D eigenvalue weighted by atomic mass is 9.81. The summed E-state index contributed by atoms with van der Waals surface area (Å²) in [5.41, 5.74) is 1.14. The van der Waals surface area contributed by atoms with Gasteiger partial charge in [0.15, 0.2) is 0 Å². The molecule has 0 radical (unpaired) electrons. The Morgan fingerprint density at radius 3 is 2.22 bits per heavy atom. The zero-order chi connectivity index (χ0) is 43.1. The number of allylic oxidation sites excluding steroid dienone is 3. The van der Waals surface area contributed by atoms with E-state index in [-0.39, 0.29) is 56.5 Å². The quantitative estimate of drug-likeness (QED) is 0.165. The van der Waals surface area contributed by atoms with Crippen molar-refractivity contribution in [3.05, 3.63) is 36.0 Å². The highest BCUT2D eigenvalue weighted by Crippen LogP contribution is 2.39. The predicted molar refractivity (Wildman–Crippen MR) is 214 cm³/mol. The van der Waals surface area contributed by atoms with Gasteiger partial charge in [0, 0.05) is 52.0 Å². The van der Waals surface area contributed by atoms with Crippen molar-refractivity contribution in [1.29, 1.82) is 0 Å². The third kappa shape index (κ3) is 10.9. The van der Waals surface area contributed by atoms with E-state index in [1.807, 2.05) is 13.0 Å². The molecule has 4 aliphatic rings. The molecule has 1 unspecified atom stereocenters. The van der Waals surface area contributed by atoms with Crippen LogP contribution in [0.4, 0.5) is 0 Å². The number of hydrogen-bond donors (Lipinski definition) is 4. The van der Waals surface area contributed by atoms with Crippen LogP contribution in [0, 0.1) is 29.6 Å². The number of aliphatic hydroxyl groups excluding tert-OH is 3. The van der Waals surface area contributed by atoms with Crippen molar-refractivity contribution in [1.82, 2.24) is 4.90 Å². The number of aliphatic hydroxyl groups is 4. The van der Waals surface area contributed by atoms with Crippen LogP contribution in [-0.4, -0.2) is 137 Å². The van der Waals surface area contributed by atoms with E-state index in [4.69, 9.17) is 23.7 Å². The Kier molecular flexibility index (Phi) is 17.4. The van der Waals surface area contributed by atoms with Crippen molar-refractivity contribution in [2.75, 3.05) is 27.9 Å². The van der Waals surface area contributed by atoms with Crippen LogP contribution in [0.1, 0.15) is 98.8 Å². The molecule has 3 fully saturated rings. The summed E-state index contributed by atoms with van der Waals surface area (Å²) in [7, 11) is 4.47. The highest BCUT2D eigenvalue weighted by atomic mass is 16.7. The first kappa shape index (κ1) is 47.9. The molecule has 0 aromatic carbocycles. The molecule has 14 heteroatoms. The molecule has 1 saturated carbocycles. The Hall–Kier alpha value is -2.82. The average Bonchev–Trinajstić information content (AvgIpc) is 3.21. The molecule has 4 N–H and O–H groups in total. The van der Waals surface area contributed by atoms with Gasteiger partial charge in [0.25, 0.3) is 11.7 Å². The van der Waals surface area contributed by atoms with Crippen molar-refractivity contribution < 1.29 is 63.3 Å². The number of ketones is 2. The van der Waals surface area contributed by atoms with Crippen molar-refractivity contribution in [2.45, 2.75) is 159 Å². The predicted octanol–water partition coefficient (Wildman–Crippen LogP) is 3.61. The number of Topliss-reactive ketones (excluding diaryl/α,β-unsaturated/α-hetero) is 2. The highest BCUT2D eigenvalue weighted by molar-refractivity contribution is 6.39. The first-order valence-electron chi connectivity index (χ1n) is 21.0. The van der Waals surface area contributed by atoms with Crippen molar-refractivity contribution in [3.63, 3.8) is 0 Å². The topological polar surface area (TPSA) is 199 Å². The first-order chi connectivity index (χ1) is 27.4. The molecular formula is C44H69NO13. The molecule has 2 bridgehead atoms. The van der Waals surface area contributed by atoms with Gasteiger partial charge in [-0.2, -0.15) is 0 Å². The number of piperidine rings is 1. The molecule has 0 spiro atoms. The molecule has 1 amide bonds. The zero-order valence-corrected chi connectivity index (χ0v) is 35.7. The van der Waals surface area contributed by atoms with Gasteiger partial charge in [-0.05, 0) is 94.6 Å². The summed E-state index contributed by atoms with van der Waals surface area (Å²) in [6, 6.07) is -1.17. The van der Waals surface area contributed by atoms with E-state index in [0.717, 1.165) is 4.90 Å². The molecule has 2 saturated heterocycles. The van der Waals surface area contributed by atoms with E-state index in [1.165, 1.54) is 14.2 Å². The molecule has 4 rings (SSSR count). The van der Waals surface area contributed by atoms with E-state index in [1.54, 1.807) is 47.0 Å². The van der Waals surface area contributed by atoms with E-state index in [2.05, 4.69) is 6.58 Å². The summed E-state index contributed by atoms with van der Waals surface area (Å²) >= 11 is 0. The van der Waals surface area contributed by atoms with Gasteiger partial charge in [0.2, 0.25) is 5.79 Å². The maximum atomic E-state index is 14.3. The maximum Gasteiger partial charge on any atom is 0.329 e. The second-order valence-electron chi connectivity index (χ2n) is 17.3. The molecule has 1 aliphatic carbocycles. The number of fused-ring (bicyclic) bond motifs is 3. The number of esters is 1. The number of carbonyl (C=O) groups excluding carboxylic acids is 4. The highest BCUT2D eigenvalue weighted by Gasteiger charge is 2.56. The minimum atomic E-state index is -2.58. The smallest absolute Gasteiger partial charge is 0.329 e. The summed E-state index contributed by atoms with van der Waals surface area (Å²) in [6.45, 7) is 12.5. The number of ether oxygens (including phenoxy) is 5. The maximum absolute atomic E-state index is 14.3. The van der Waals surface area contributed by atoms with Crippen molar-refractivity contribution in [3.8, 4) is 0 Å². The number of nitrogens with zero attached hydrogens (tertiary/aromatic N) is 1. The fraction of sp³-hybridized carbons (Fsp3) is 0.773. The Labute approximate surface area is 343 Å². The molecule has 58 heavy (non-hydrogen) atoms. The lowest BCUT2D eigenvalue weighted by Gasteiger charge is -2.47. The van der Waals surface area contributed by atoms with Gasteiger partial charge in [-0.1, -0.05) is 39.0 Å². The third-order valence-corrected chi connectivity index (χ3v) is 13.2. The normalized spacial score (nSPS) is 41.8. The van der Waals surface area contributed by atoms with Gasteiger partial charge in [0.1, 0.15) is 24.0 Å². The first-order valence-corrected chi connectivity index (χ1v) is 21.0. The molecule has 15 atom stereocenters. The van der Waals surface area contributed by atoms with Gasteiger partial charge in [-0.15, -0.1) is 6.58 Å². The van der Waals surface area contributed by atoms with Crippen LogP contribution in [0.25, 0.3) is 0 Å². The Bertz CT molecular complexity index is 1510. The number of hydrogen-bond acceptors (Lipinski definition) is 13. The summed E-state index contributed by atoms with van der Waals surface area (Å²) in [5, 5.41) is 45.7. The SMILES string of the molecule is C=CC[C@@H]1/C=C(\C)C(O)[C@H](C)C[C@H](OC)[C@H]2O[C@@](O)(C(=O)C(=O)N3CCCC[C@H]3C(=O)O[C@H](/C(C)=C/[C@@H]3CC[C@@H](O)[C@H](OC)C3)[C@H](C)[C@@H](O)CC1=O)[C@H](C)C[C@@H]2OC. The van der Waals surface area contributed by atoms with Crippen LogP contribution in [0.5, 0.6) is 0 Å². The van der Waals surface area contributed by atoms with Crippen molar-refractivity contribution >= 4 is 23.4 Å². The summed E-state index contributed by atoms with van der Waals surface area (Å²) in [4.78, 5) is 57.8. The number of cyclic esters (lactones) is 1. The number of rotatable bonds is 7. The standard InChI is InChI=1S/C44H69NO13/c1-10-13-30-19-24(2)38(49)25(3)20-36(55-8)40-37(56-9)21-27(5)44(53,58-40)41(50)42(51)45-17-12-11-14-31(45)43(52)57-39(28(6)33(47)23-34(30)48)26(4)18-29-15-16-32(46)35(22-29)54-7/h10,18-19,25,27-33,35-40,46-47,49,53H,1,11-17,20-23H2,2-9H3/b24-19+,26-18+/t25-,27-,28-,29+,30-,31+,32-,33+,35-,36+,37+,38?,39-,40-,44-/m1/s1. The van der Waals surface area contributed by atoms with E-state index >= 15 is 0 Å². The van der Waals surface area contributed by atoms with Crippen LogP contribution in [-0.2, 0) is 42.9 Å². The fourth-order valence-electron chi connectivity index (χ4n) is 9.34. The van der Waals surface area contributed by atoms with Crippen LogP contribution in [0.3, 0.4) is 0 Å². The molecule has 3 aliphatic heterocycles. The zero-order valence-electron chi connectivity index (χ0n) is 35.7. The number of amides is 1. The second-order valence-corrected chi connectivity index (χ2v) is 17.3. The Balaban J connectivity index is 1.80. The fourth-order valence-corrected chi connectivity index (χ4v) is 9.34. The average molecular weight is 820 g/mol. The van der Waals surface area contributed by atoms with Crippen LogP contribution in [0.15, 0.2) is 36.0 Å². The van der Waals surface area contributed by atoms with Crippen LogP contribution >= 0.6 is 0 Å². The van der Waals surface area contributed by atoms with Gasteiger partial charge in [0.05, 0.1) is 36.6 Å². The number of carbonyl (C=O) groups is 4.